The zero-order chi connectivity index (χ0) is 21.7. The average Bonchev–Trinajstić information content (AvgIpc) is 2.76. The van der Waals surface area contributed by atoms with E-state index in [4.69, 9.17) is 0 Å². The maximum Gasteiger partial charge on any atom is 0.171 e. The molecule has 0 N–H and O–H groups in total. The van der Waals surface area contributed by atoms with Crippen LogP contribution < -0.4 is 4.57 Å². The smallest absolute Gasteiger partial charge is 0.171 e. The third-order valence-corrected chi connectivity index (χ3v) is 6.44. The zero-order valence-corrected chi connectivity index (χ0v) is 21.0. The molecule has 174 valence electrons. The SMILES string of the molecule is CCCCCCCCCCc1cc(CCCCCCCCCC)c[n+](CCCC)c1. The van der Waals surface area contributed by atoms with Crippen LogP contribution >= 0.6 is 0 Å². The first-order chi connectivity index (χ1) is 14.8. The van der Waals surface area contributed by atoms with E-state index in [1.54, 1.807) is 11.1 Å². The summed E-state index contributed by atoms with van der Waals surface area (Å²) in [4.78, 5) is 0. The second-order valence-corrected chi connectivity index (χ2v) is 9.59. The van der Waals surface area contributed by atoms with Crippen molar-refractivity contribution in [1.29, 1.82) is 0 Å². The van der Waals surface area contributed by atoms with Crippen molar-refractivity contribution >= 4 is 0 Å². The van der Waals surface area contributed by atoms with Crippen LogP contribution in [-0.2, 0) is 19.4 Å². The molecule has 0 radical (unpaired) electrons. The molecule has 30 heavy (non-hydrogen) atoms. The lowest BCUT2D eigenvalue weighted by atomic mass is 10.0. The summed E-state index contributed by atoms with van der Waals surface area (Å²) in [6.07, 6.45) is 32.6. The summed E-state index contributed by atoms with van der Waals surface area (Å²) in [5.74, 6) is 0. The van der Waals surface area contributed by atoms with Gasteiger partial charge in [-0.15, -0.1) is 0 Å². The van der Waals surface area contributed by atoms with Crippen molar-refractivity contribution < 1.29 is 4.57 Å². The predicted octanol–water partition coefficient (Wildman–Crippen LogP) is 9.14. The Balaban J connectivity index is 2.34. The molecule has 0 unspecified atom stereocenters. The monoisotopic (exact) mass is 416 g/mol. The number of aromatic nitrogens is 1. The molecule has 1 aromatic heterocycles. The van der Waals surface area contributed by atoms with Crippen LogP contribution in [0.2, 0.25) is 0 Å². The van der Waals surface area contributed by atoms with Crippen LogP contribution in [0.4, 0.5) is 0 Å². The molecule has 1 heteroatoms. The van der Waals surface area contributed by atoms with Gasteiger partial charge in [0.2, 0.25) is 0 Å². The van der Waals surface area contributed by atoms with Gasteiger partial charge in [0.05, 0.1) is 0 Å². The predicted molar refractivity (Wildman–Crippen MR) is 134 cm³/mol. The normalized spacial score (nSPS) is 11.3. The number of rotatable bonds is 21. The lowest BCUT2D eigenvalue weighted by molar-refractivity contribution is -0.698. The summed E-state index contributed by atoms with van der Waals surface area (Å²) in [6.45, 7) is 8.09. The summed E-state index contributed by atoms with van der Waals surface area (Å²) >= 11 is 0. The van der Waals surface area contributed by atoms with E-state index in [1.807, 2.05) is 0 Å². The highest BCUT2D eigenvalue weighted by Crippen LogP contribution is 2.14. The van der Waals surface area contributed by atoms with Crippen LogP contribution in [0.5, 0.6) is 0 Å². The van der Waals surface area contributed by atoms with Gasteiger partial charge in [-0.25, -0.2) is 4.57 Å². The van der Waals surface area contributed by atoms with Gasteiger partial charge >= 0.3 is 0 Å². The van der Waals surface area contributed by atoms with Crippen molar-refractivity contribution in [3.63, 3.8) is 0 Å². The van der Waals surface area contributed by atoms with Crippen molar-refractivity contribution in [2.45, 2.75) is 156 Å². The quantitative estimate of drug-likeness (QED) is 0.139. The van der Waals surface area contributed by atoms with Gasteiger partial charge in [-0.3, -0.25) is 0 Å². The van der Waals surface area contributed by atoms with Gasteiger partial charge in [0.25, 0.3) is 0 Å². The van der Waals surface area contributed by atoms with Crippen LogP contribution in [0.25, 0.3) is 0 Å². The molecular formula is C29H54N+. The number of hydrogen-bond acceptors (Lipinski definition) is 0. The maximum atomic E-state index is 2.52. The number of hydrogen-bond donors (Lipinski definition) is 0. The molecule has 0 spiro atoms. The maximum absolute atomic E-state index is 2.52. The largest absolute Gasteiger partial charge is 0.205 e. The Bertz CT molecular complexity index is 455. The van der Waals surface area contributed by atoms with Gasteiger partial charge < -0.3 is 0 Å². The van der Waals surface area contributed by atoms with E-state index >= 15 is 0 Å². The van der Waals surface area contributed by atoms with E-state index in [0.29, 0.717) is 0 Å². The lowest BCUT2D eigenvalue weighted by Gasteiger charge is -2.07. The Morgan fingerprint density at radius 3 is 1.23 bits per heavy atom. The van der Waals surface area contributed by atoms with Crippen LogP contribution in [0.3, 0.4) is 0 Å². The van der Waals surface area contributed by atoms with Crippen molar-refractivity contribution in [2.75, 3.05) is 0 Å². The Kier molecular flexibility index (Phi) is 18.2. The molecule has 0 aromatic carbocycles. The minimum absolute atomic E-state index is 1.19. The third-order valence-electron chi connectivity index (χ3n) is 6.44. The standard InChI is InChI=1S/C29H54N/c1-4-7-10-12-14-16-18-20-22-28-25-29(27-30(26-28)24-9-6-3)23-21-19-17-15-13-11-8-5-2/h25-27H,4-24H2,1-3H3/q+1. The molecule has 0 saturated heterocycles. The number of pyridine rings is 1. The van der Waals surface area contributed by atoms with Crippen LogP contribution in [0, 0.1) is 0 Å². The second-order valence-electron chi connectivity index (χ2n) is 9.59. The van der Waals surface area contributed by atoms with Crippen molar-refractivity contribution in [3.8, 4) is 0 Å². The highest BCUT2D eigenvalue weighted by molar-refractivity contribution is 5.15. The van der Waals surface area contributed by atoms with Crippen molar-refractivity contribution in [3.05, 3.63) is 29.6 Å². The fourth-order valence-electron chi connectivity index (χ4n) is 4.45. The van der Waals surface area contributed by atoms with Crippen LogP contribution in [-0.4, -0.2) is 0 Å². The average molecular weight is 417 g/mol. The van der Waals surface area contributed by atoms with Gasteiger partial charge in [0.15, 0.2) is 12.4 Å². The van der Waals surface area contributed by atoms with Gasteiger partial charge in [-0.1, -0.05) is 117 Å². The van der Waals surface area contributed by atoms with Gasteiger partial charge in [-0.2, -0.15) is 0 Å². The van der Waals surface area contributed by atoms with E-state index < -0.39 is 0 Å². The molecule has 1 heterocycles. The fourth-order valence-corrected chi connectivity index (χ4v) is 4.45. The third kappa shape index (κ3) is 15.0. The second kappa shape index (κ2) is 20.1. The summed E-state index contributed by atoms with van der Waals surface area (Å²) < 4.78 is 2.49. The van der Waals surface area contributed by atoms with E-state index in [9.17, 15) is 0 Å². The Morgan fingerprint density at radius 1 is 0.467 bits per heavy atom. The zero-order valence-electron chi connectivity index (χ0n) is 21.0. The molecule has 1 rings (SSSR count). The van der Waals surface area contributed by atoms with Crippen molar-refractivity contribution in [2.24, 2.45) is 0 Å². The van der Waals surface area contributed by atoms with Gasteiger partial charge in [-0.05, 0) is 31.7 Å². The molecule has 0 bridgehead atoms. The Labute approximate surface area is 190 Å². The molecule has 0 aliphatic rings. The summed E-state index contributed by atoms with van der Waals surface area (Å²) in [5.41, 5.74) is 3.16. The van der Waals surface area contributed by atoms with Crippen LogP contribution in [0.1, 0.15) is 147 Å². The highest BCUT2D eigenvalue weighted by Gasteiger charge is 2.08. The molecule has 0 atom stereocenters. The number of nitrogens with zero attached hydrogens (tertiary/aromatic N) is 1. The van der Waals surface area contributed by atoms with E-state index in [1.165, 1.54) is 135 Å². The van der Waals surface area contributed by atoms with E-state index in [-0.39, 0.29) is 0 Å². The topological polar surface area (TPSA) is 3.88 Å². The van der Waals surface area contributed by atoms with E-state index in [0.717, 1.165) is 0 Å². The first-order valence-electron chi connectivity index (χ1n) is 13.8. The molecule has 0 amide bonds. The lowest BCUT2D eigenvalue weighted by Crippen LogP contribution is -2.34. The van der Waals surface area contributed by atoms with Crippen molar-refractivity contribution in [1.82, 2.24) is 0 Å². The fraction of sp³-hybridized carbons (Fsp3) is 0.828. The first-order valence-corrected chi connectivity index (χ1v) is 13.8. The summed E-state index contributed by atoms with van der Waals surface area (Å²) in [5, 5.41) is 0. The molecule has 0 fully saturated rings. The van der Waals surface area contributed by atoms with E-state index in [2.05, 4.69) is 43.8 Å². The minimum atomic E-state index is 1.19. The molecule has 1 nitrogen and oxygen atoms in total. The van der Waals surface area contributed by atoms with Crippen LogP contribution in [0.15, 0.2) is 18.5 Å². The van der Waals surface area contributed by atoms with Gasteiger partial charge in [0, 0.05) is 17.5 Å². The molecule has 0 saturated carbocycles. The molecule has 1 aromatic rings. The number of aryl methyl sites for hydroxylation is 3. The number of unbranched alkanes of at least 4 members (excludes halogenated alkanes) is 15. The highest BCUT2D eigenvalue weighted by atomic mass is 14.9. The minimum Gasteiger partial charge on any atom is -0.205 e. The molecule has 0 aliphatic carbocycles. The molecular weight excluding hydrogens is 362 g/mol. The first kappa shape index (κ1) is 27.2. The molecule has 0 aliphatic heterocycles. The summed E-state index contributed by atoms with van der Waals surface area (Å²) in [6, 6.07) is 2.52. The van der Waals surface area contributed by atoms with Gasteiger partial charge in [0.1, 0.15) is 6.54 Å². The Morgan fingerprint density at radius 2 is 0.833 bits per heavy atom. The summed E-state index contributed by atoms with van der Waals surface area (Å²) in [7, 11) is 0. The Hall–Kier alpha value is -0.850.